The number of aromatic nitrogens is 3. The average molecular weight is 383 g/mol. The molecule has 1 aromatic heterocycles. The summed E-state index contributed by atoms with van der Waals surface area (Å²) in [5, 5.41) is 8.91. The van der Waals surface area contributed by atoms with Crippen LogP contribution in [0.25, 0.3) is 0 Å². The number of rotatable bonds is 5. The number of nitrogens with zero attached hydrogens (tertiary/aromatic N) is 5. The minimum atomic E-state index is 0.00834. The van der Waals surface area contributed by atoms with Crippen LogP contribution in [0.4, 0.5) is 0 Å². The fraction of sp³-hybridized carbons (Fsp3) is 0.571. The summed E-state index contributed by atoms with van der Waals surface area (Å²) in [6, 6.07) is 7.80. The fourth-order valence-electron chi connectivity index (χ4n) is 4.12. The number of hydrogen-bond donors (Lipinski definition) is 0. The molecule has 150 valence electrons. The molecule has 2 aliphatic rings. The molecule has 2 aromatic rings. The van der Waals surface area contributed by atoms with Crippen LogP contribution in [0.1, 0.15) is 59.8 Å². The number of fused-ring (bicyclic) bond motifs is 1. The summed E-state index contributed by atoms with van der Waals surface area (Å²) in [7, 11) is 2.10. The lowest BCUT2D eigenvalue weighted by molar-refractivity contribution is 0.0591. The van der Waals surface area contributed by atoms with Gasteiger partial charge in [-0.2, -0.15) is 0 Å². The molecule has 1 saturated heterocycles. The number of carbonyl (C=O) groups excluding carboxylic acids is 1. The second kappa shape index (κ2) is 8.41. The first-order chi connectivity index (χ1) is 13.7. The van der Waals surface area contributed by atoms with E-state index < -0.39 is 0 Å². The zero-order valence-corrected chi connectivity index (χ0v) is 16.8. The quantitative estimate of drug-likeness (QED) is 0.794. The highest BCUT2D eigenvalue weighted by Crippen LogP contribution is 2.32. The third kappa shape index (κ3) is 3.82. The first kappa shape index (κ1) is 19.1. The van der Waals surface area contributed by atoms with E-state index in [1.807, 2.05) is 36.1 Å². The van der Waals surface area contributed by atoms with Gasteiger partial charge in [0.25, 0.3) is 5.91 Å². The molecule has 0 N–H and O–H groups in total. The van der Waals surface area contributed by atoms with Crippen molar-refractivity contribution in [3.8, 4) is 0 Å². The van der Waals surface area contributed by atoms with Crippen molar-refractivity contribution in [2.75, 3.05) is 26.7 Å². The van der Waals surface area contributed by atoms with Gasteiger partial charge < -0.3 is 14.2 Å². The van der Waals surface area contributed by atoms with Crippen LogP contribution in [-0.2, 0) is 24.4 Å². The molecule has 28 heavy (non-hydrogen) atoms. The molecule has 1 fully saturated rings. The van der Waals surface area contributed by atoms with E-state index in [2.05, 4.69) is 26.7 Å². The Hall–Kier alpha value is -2.25. The van der Waals surface area contributed by atoms with Gasteiger partial charge in [-0.05, 0) is 50.9 Å². The lowest BCUT2D eigenvalue weighted by Crippen LogP contribution is -2.40. The molecule has 2 aliphatic heterocycles. The first-order valence-corrected chi connectivity index (χ1v) is 10.3. The van der Waals surface area contributed by atoms with Crippen LogP contribution in [0.3, 0.4) is 0 Å². The van der Waals surface area contributed by atoms with Crippen molar-refractivity contribution in [2.45, 2.75) is 51.9 Å². The van der Waals surface area contributed by atoms with Crippen LogP contribution in [0.15, 0.2) is 24.3 Å². The monoisotopic (exact) mass is 383 g/mol. The Morgan fingerprint density at radius 2 is 1.96 bits per heavy atom. The maximum atomic E-state index is 13.3. The summed E-state index contributed by atoms with van der Waals surface area (Å²) >= 11 is 0. The maximum Gasteiger partial charge on any atom is 0.254 e. The van der Waals surface area contributed by atoms with Gasteiger partial charge in [0.15, 0.2) is 5.82 Å². The van der Waals surface area contributed by atoms with E-state index in [0.29, 0.717) is 13.2 Å². The van der Waals surface area contributed by atoms with Crippen molar-refractivity contribution >= 4 is 5.91 Å². The third-order valence-corrected chi connectivity index (χ3v) is 5.71. The van der Waals surface area contributed by atoms with Crippen molar-refractivity contribution in [3.63, 3.8) is 0 Å². The highest BCUT2D eigenvalue weighted by molar-refractivity contribution is 5.94. The standard InChI is InChI=1S/C21H29N5O2/c1-3-28-15-16-7-9-17(10-8-16)21(27)25-11-5-4-6-18(25)20-23-22-19-14-24(2)12-13-26(19)20/h7-10,18H,3-6,11-15H2,1-2H3/t18-/m1/s1. The molecule has 7 nitrogen and oxygen atoms in total. The van der Waals surface area contributed by atoms with Crippen LogP contribution in [0.2, 0.25) is 0 Å². The van der Waals surface area contributed by atoms with Crippen molar-refractivity contribution in [1.82, 2.24) is 24.6 Å². The summed E-state index contributed by atoms with van der Waals surface area (Å²) in [6.07, 6.45) is 3.10. The molecule has 0 bridgehead atoms. The topological polar surface area (TPSA) is 63.5 Å². The molecule has 1 aromatic carbocycles. The normalized spacial score (nSPS) is 20.2. The van der Waals surface area contributed by atoms with Crippen LogP contribution in [0, 0.1) is 0 Å². The molecule has 0 saturated carbocycles. The van der Waals surface area contributed by atoms with Gasteiger partial charge in [0.1, 0.15) is 5.82 Å². The van der Waals surface area contributed by atoms with Crippen molar-refractivity contribution < 1.29 is 9.53 Å². The number of carbonyl (C=O) groups is 1. The Morgan fingerprint density at radius 3 is 2.75 bits per heavy atom. The number of piperidine rings is 1. The van der Waals surface area contributed by atoms with Gasteiger partial charge in [0.05, 0.1) is 19.2 Å². The van der Waals surface area contributed by atoms with Gasteiger partial charge in [-0.25, -0.2) is 0 Å². The fourth-order valence-corrected chi connectivity index (χ4v) is 4.12. The Morgan fingerprint density at radius 1 is 1.14 bits per heavy atom. The Kier molecular flexibility index (Phi) is 5.73. The van der Waals surface area contributed by atoms with Gasteiger partial charge >= 0.3 is 0 Å². The van der Waals surface area contributed by atoms with E-state index in [1.54, 1.807) is 0 Å². The summed E-state index contributed by atoms with van der Waals surface area (Å²) in [4.78, 5) is 17.5. The minimum Gasteiger partial charge on any atom is -0.377 e. The number of benzene rings is 1. The smallest absolute Gasteiger partial charge is 0.254 e. The zero-order chi connectivity index (χ0) is 19.5. The van der Waals surface area contributed by atoms with Crippen molar-refractivity contribution in [2.24, 2.45) is 0 Å². The highest BCUT2D eigenvalue weighted by atomic mass is 16.5. The van der Waals surface area contributed by atoms with Crippen molar-refractivity contribution in [1.29, 1.82) is 0 Å². The van der Waals surface area contributed by atoms with E-state index in [9.17, 15) is 4.79 Å². The van der Waals surface area contributed by atoms with E-state index in [4.69, 9.17) is 4.74 Å². The van der Waals surface area contributed by atoms with E-state index in [1.165, 1.54) is 0 Å². The predicted octanol–water partition coefficient (Wildman–Crippen LogP) is 2.63. The predicted molar refractivity (Wildman–Crippen MR) is 106 cm³/mol. The van der Waals surface area contributed by atoms with E-state index in [-0.39, 0.29) is 11.9 Å². The lowest BCUT2D eigenvalue weighted by Gasteiger charge is -2.36. The summed E-state index contributed by atoms with van der Waals surface area (Å²) in [6.45, 7) is 6.71. The van der Waals surface area contributed by atoms with Gasteiger partial charge in [0.2, 0.25) is 0 Å². The van der Waals surface area contributed by atoms with Crippen LogP contribution in [0.5, 0.6) is 0 Å². The summed E-state index contributed by atoms with van der Waals surface area (Å²) in [5.74, 6) is 2.03. The molecule has 1 amide bonds. The van der Waals surface area contributed by atoms with Crippen LogP contribution >= 0.6 is 0 Å². The number of amides is 1. The summed E-state index contributed by atoms with van der Waals surface area (Å²) < 4.78 is 7.67. The second-order valence-corrected chi connectivity index (χ2v) is 7.71. The molecule has 0 unspecified atom stereocenters. The number of hydrogen-bond acceptors (Lipinski definition) is 5. The van der Waals surface area contributed by atoms with Gasteiger partial charge in [0, 0.05) is 31.8 Å². The maximum absolute atomic E-state index is 13.3. The van der Waals surface area contributed by atoms with Crippen LogP contribution < -0.4 is 0 Å². The Labute approximate surface area is 166 Å². The SMILES string of the molecule is CCOCc1ccc(C(=O)N2CCCC[C@@H]2c2nnc3n2CCN(C)C3)cc1. The minimum absolute atomic E-state index is 0.00834. The molecular weight excluding hydrogens is 354 g/mol. The molecule has 0 spiro atoms. The number of likely N-dealkylation sites (N-methyl/N-ethyl adjacent to an activating group) is 1. The highest BCUT2D eigenvalue weighted by Gasteiger charge is 2.33. The van der Waals surface area contributed by atoms with Gasteiger partial charge in [-0.1, -0.05) is 12.1 Å². The van der Waals surface area contributed by atoms with Gasteiger partial charge in [-0.3, -0.25) is 9.69 Å². The van der Waals surface area contributed by atoms with E-state index >= 15 is 0 Å². The number of likely N-dealkylation sites (tertiary alicyclic amines) is 1. The summed E-state index contributed by atoms with van der Waals surface area (Å²) in [5.41, 5.74) is 1.81. The number of ether oxygens (including phenoxy) is 1. The second-order valence-electron chi connectivity index (χ2n) is 7.71. The average Bonchev–Trinajstić information content (AvgIpc) is 3.15. The van der Waals surface area contributed by atoms with Crippen molar-refractivity contribution in [3.05, 3.63) is 47.0 Å². The molecule has 0 radical (unpaired) electrons. The molecule has 0 aliphatic carbocycles. The molecular formula is C21H29N5O2. The Balaban J connectivity index is 1.55. The molecule has 1 atom stereocenters. The molecule has 3 heterocycles. The molecule has 7 heteroatoms. The Bertz CT molecular complexity index is 817. The van der Waals surface area contributed by atoms with Gasteiger partial charge in [-0.15, -0.1) is 10.2 Å². The largest absolute Gasteiger partial charge is 0.377 e. The molecule has 4 rings (SSSR count). The van der Waals surface area contributed by atoms with E-state index in [0.717, 1.165) is 68.2 Å². The zero-order valence-electron chi connectivity index (χ0n) is 16.8. The lowest BCUT2D eigenvalue weighted by atomic mass is 9.99. The third-order valence-electron chi connectivity index (χ3n) is 5.71. The van der Waals surface area contributed by atoms with Crippen LogP contribution in [-0.4, -0.2) is 57.2 Å². The first-order valence-electron chi connectivity index (χ1n) is 10.3.